The molecule has 0 amide bonds. The highest BCUT2D eigenvalue weighted by Crippen LogP contribution is 2.17. The second kappa shape index (κ2) is 9.92. The Balaban J connectivity index is 1.58. The van der Waals surface area contributed by atoms with Crippen LogP contribution in [0.15, 0.2) is 35.3 Å². The van der Waals surface area contributed by atoms with Crippen molar-refractivity contribution >= 4 is 5.96 Å². The average Bonchev–Trinajstić information content (AvgIpc) is 3.04. The molecule has 1 aromatic carbocycles. The van der Waals surface area contributed by atoms with E-state index in [0.29, 0.717) is 12.6 Å². The van der Waals surface area contributed by atoms with E-state index in [2.05, 4.69) is 76.7 Å². The molecule has 6 nitrogen and oxygen atoms in total. The van der Waals surface area contributed by atoms with Crippen LogP contribution in [0.4, 0.5) is 0 Å². The molecule has 2 heterocycles. The zero-order chi connectivity index (χ0) is 20.8. The lowest BCUT2D eigenvalue weighted by Crippen LogP contribution is -2.49. The van der Waals surface area contributed by atoms with Gasteiger partial charge in [0.05, 0.1) is 11.4 Å². The molecule has 1 aliphatic rings. The van der Waals surface area contributed by atoms with Crippen molar-refractivity contribution in [3.05, 3.63) is 47.3 Å². The molecular formula is C23H36N6. The first-order valence-corrected chi connectivity index (χ1v) is 10.8. The second-order valence-electron chi connectivity index (χ2n) is 8.51. The van der Waals surface area contributed by atoms with E-state index in [-0.39, 0.29) is 0 Å². The van der Waals surface area contributed by atoms with Crippen LogP contribution in [0, 0.1) is 19.8 Å². The maximum absolute atomic E-state index is 4.65. The minimum Gasteiger partial charge on any atom is -0.354 e. The largest absolute Gasteiger partial charge is 0.354 e. The summed E-state index contributed by atoms with van der Waals surface area (Å²) in [5, 5.41) is 11.8. The van der Waals surface area contributed by atoms with Gasteiger partial charge in [-0.3, -0.25) is 4.99 Å². The summed E-state index contributed by atoms with van der Waals surface area (Å²) in [6.45, 7) is 12.9. The summed E-state index contributed by atoms with van der Waals surface area (Å²) < 4.78 is 2.02. The van der Waals surface area contributed by atoms with Crippen LogP contribution in [-0.4, -0.2) is 53.4 Å². The number of guanidine groups is 1. The van der Waals surface area contributed by atoms with Crippen LogP contribution in [0.5, 0.6) is 0 Å². The number of hydrogen-bond donors (Lipinski definition) is 2. The molecule has 0 aliphatic carbocycles. The number of rotatable bonds is 6. The van der Waals surface area contributed by atoms with E-state index in [1.807, 2.05) is 18.7 Å². The first kappa shape index (κ1) is 21.4. The first-order chi connectivity index (χ1) is 14.0. The van der Waals surface area contributed by atoms with Crippen molar-refractivity contribution in [2.24, 2.45) is 10.9 Å². The topological polar surface area (TPSA) is 57.5 Å². The fraction of sp³-hybridized carbons (Fsp3) is 0.565. The van der Waals surface area contributed by atoms with Crippen LogP contribution >= 0.6 is 0 Å². The zero-order valence-electron chi connectivity index (χ0n) is 18.6. The van der Waals surface area contributed by atoms with Gasteiger partial charge in [0.1, 0.15) is 0 Å². The standard InChI is InChI=1S/C23H36N6/c1-17(2)16-28-12-10-21(11-13-28)26-23(24-5)25-15-20-8-6-7-9-22(20)29-19(4)14-18(3)27-29/h6-9,14,17,21H,10-13,15-16H2,1-5H3,(H2,24,25,26). The maximum atomic E-state index is 4.65. The van der Waals surface area contributed by atoms with Gasteiger partial charge in [-0.2, -0.15) is 5.10 Å². The molecule has 0 spiro atoms. The van der Waals surface area contributed by atoms with Crippen molar-refractivity contribution in [3.8, 4) is 5.69 Å². The molecule has 29 heavy (non-hydrogen) atoms. The number of likely N-dealkylation sites (tertiary alicyclic amines) is 1. The van der Waals surface area contributed by atoms with E-state index in [1.54, 1.807) is 0 Å². The number of piperidine rings is 1. The molecule has 6 heteroatoms. The quantitative estimate of drug-likeness (QED) is 0.581. The number of nitrogens with zero attached hydrogens (tertiary/aromatic N) is 4. The number of aliphatic imine (C=N–C) groups is 1. The molecule has 1 fully saturated rings. The van der Waals surface area contributed by atoms with Gasteiger partial charge in [-0.15, -0.1) is 0 Å². The number of hydrogen-bond acceptors (Lipinski definition) is 3. The Hall–Kier alpha value is -2.34. The number of para-hydroxylation sites is 1. The van der Waals surface area contributed by atoms with Gasteiger partial charge >= 0.3 is 0 Å². The van der Waals surface area contributed by atoms with Crippen LogP contribution in [0.1, 0.15) is 43.6 Å². The molecule has 1 saturated heterocycles. The number of nitrogens with one attached hydrogen (secondary N) is 2. The SMILES string of the molecule is CN=C(NCc1ccccc1-n1nc(C)cc1C)NC1CCN(CC(C)C)CC1. The summed E-state index contributed by atoms with van der Waals surface area (Å²) in [6, 6.07) is 11.0. The van der Waals surface area contributed by atoms with Gasteiger partial charge in [0.15, 0.2) is 5.96 Å². The molecule has 2 aromatic rings. The van der Waals surface area contributed by atoms with Gasteiger partial charge in [-0.1, -0.05) is 32.0 Å². The highest BCUT2D eigenvalue weighted by molar-refractivity contribution is 5.80. The summed E-state index contributed by atoms with van der Waals surface area (Å²) in [4.78, 5) is 7.02. The normalized spacial score (nSPS) is 16.4. The fourth-order valence-corrected chi connectivity index (χ4v) is 4.08. The molecule has 0 atom stereocenters. The van der Waals surface area contributed by atoms with Gasteiger partial charge in [-0.05, 0) is 50.3 Å². The molecule has 0 saturated carbocycles. The van der Waals surface area contributed by atoms with Crippen molar-refractivity contribution < 1.29 is 0 Å². The van der Waals surface area contributed by atoms with Crippen LogP contribution in [0.2, 0.25) is 0 Å². The molecular weight excluding hydrogens is 360 g/mol. The van der Waals surface area contributed by atoms with Crippen LogP contribution < -0.4 is 10.6 Å². The monoisotopic (exact) mass is 396 g/mol. The van der Waals surface area contributed by atoms with Crippen molar-refractivity contribution in [2.45, 2.75) is 53.1 Å². The third-order valence-corrected chi connectivity index (χ3v) is 5.45. The lowest BCUT2D eigenvalue weighted by atomic mass is 10.0. The van der Waals surface area contributed by atoms with Crippen molar-refractivity contribution in [3.63, 3.8) is 0 Å². The summed E-state index contributed by atoms with van der Waals surface area (Å²) in [6.07, 6.45) is 2.32. The smallest absolute Gasteiger partial charge is 0.191 e. The Morgan fingerprint density at radius 3 is 2.55 bits per heavy atom. The van der Waals surface area contributed by atoms with E-state index in [1.165, 1.54) is 12.1 Å². The van der Waals surface area contributed by atoms with Crippen molar-refractivity contribution in [1.82, 2.24) is 25.3 Å². The Kier molecular flexibility index (Phi) is 7.31. The van der Waals surface area contributed by atoms with E-state index >= 15 is 0 Å². The maximum Gasteiger partial charge on any atom is 0.191 e. The number of aromatic nitrogens is 2. The molecule has 2 N–H and O–H groups in total. The second-order valence-corrected chi connectivity index (χ2v) is 8.51. The van der Waals surface area contributed by atoms with Crippen LogP contribution in [0.25, 0.3) is 5.69 Å². The summed E-state index contributed by atoms with van der Waals surface area (Å²) in [5.74, 6) is 1.60. The van der Waals surface area contributed by atoms with Gasteiger partial charge in [-0.25, -0.2) is 4.68 Å². The number of aryl methyl sites for hydroxylation is 2. The van der Waals surface area contributed by atoms with Gasteiger partial charge < -0.3 is 15.5 Å². The first-order valence-electron chi connectivity index (χ1n) is 10.8. The van der Waals surface area contributed by atoms with E-state index in [0.717, 1.165) is 54.9 Å². The highest BCUT2D eigenvalue weighted by atomic mass is 15.3. The van der Waals surface area contributed by atoms with E-state index < -0.39 is 0 Å². The van der Waals surface area contributed by atoms with Crippen molar-refractivity contribution in [2.75, 3.05) is 26.7 Å². The average molecular weight is 397 g/mol. The third-order valence-electron chi connectivity index (χ3n) is 5.45. The molecule has 158 valence electrons. The Bertz CT molecular complexity index is 815. The predicted molar refractivity (Wildman–Crippen MR) is 121 cm³/mol. The zero-order valence-corrected chi connectivity index (χ0v) is 18.6. The van der Waals surface area contributed by atoms with Gasteiger partial charge in [0, 0.05) is 45.0 Å². The third kappa shape index (κ3) is 5.82. The molecule has 1 aromatic heterocycles. The lowest BCUT2D eigenvalue weighted by molar-refractivity contribution is 0.187. The van der Waals surface area contributed by atoms with Gasteiger partial charge in [0.2, 0.25) is 0 Å². The Morgan fingerprint density at radius 2 is 1.93 bits per heavy atom. The molecule has 0 bridgehead atoms. The molecule has 1 aliphatic heterocycles. The van der Waals surface area contributed by atoms with Crippen LogP contribution in [0.3, 0.4) is 0 Å². The molecule has 0 radical (unpaired) electrons. The molecule has 3 rings (SSSR count). The van der Waals surface area contributed by atoms with Crippen molar-refractivity contribution in [1.29, 1.82) is 0 Å². The summed E-state index contributed by atoms with van der Waals surface area (Å²) in [5.41, 5.74) is 4.49. The van der Waals surface area contributed by atoms with E-state index in [4.69, 9.17) is 0 Å². The Morgan fingerprint density at radius 1 is 1.21 bits per heavy atom. The minimum atomic E-state index is 0.482. The lowest BCUT2D eigenvalue weighted by Gasteiger charge is -2.34. The highest BCUT2D eigenvalue weighted by Gasteiger charge is 2.20. The minimum absolute atomic E-state index is 0.482. The Labute approximate surface area is 175 Å². The number of benzene rings is 1. The fourth-order valence-electron chi connectivity index (χ4n) is 4.08. The van der Waals surface area contributed by atoms with E-state index in [9.17, 15) is 0 Å². The summed E-state index contributed by atoms with van der Waals surface area (Å²) in [7, 11) is 1.84. The van der Waals surface area contributed by atoms with Crippen LogP contribution in [-0.2, 0) is 6.54 Å². The molecule has 0 unspecified atom stereocenters. The predicted octanol–water partition coefficient (Wildman–Crippen LogP) is 3.27. The van der Waals surface area contributed by atoms with Gasteiger partial charge in [0.25, 0.3) is 0 Å². The summed E-state index contributed by atoms with van der Waals surface area (Å²) >= 11 is 0.